The highest BCUT2D eigenvalue weighted by Crippen LogP contribution is 2.25. The summed E-state index contributed by atoms with van der Waals surface area (Å²) in [6.45, 7) is 5.15. The maximum absolute atomic E-state index is 12.3. The summed E-state index contributed by atoms with van der Waals surface area (Å²) in [7, 11) is 0. The number of carbonyl (C=O) groups excluding carboxylic acids is 2. The van der Waals surface area contributed by atoms with Gasteiger partial charge in [-0.1, -0.05) is 30.3 Å². The van der Waals surface area contributed by atoms with E-state index in [-0.39, 0.29) is 37.6 Å². The first-order valence-corrected chi connectivity index (χ1v) is 9.61. The first-order valence-electron chi connectivity index (χ1n) is 9.61. The SMILES string of the molecule is C/C(=C\C(=O)NC(C)C1(O)CN(C(=O)COC2CCOC2)C1)c1ccccc1. The van der Waals surface area contributed by atoms with Crippen molar-refractivity contribution in [3.63, 3.8) is 0 Å². The lowest BCUT2D eigenvalue weighted by molar-refractivity contribution is -0.166. The Morgan fingerprint density at radius 2 is 2.11 bits per heavy atom. The van der Waals surface area contributed by atoms with Crippen molar-refractivity contribution in [2.24, 2.45) is 0 Å². The zero-order valence-electron chi connectivity index (χ0n) is 16.4. The quantitative estimate of drug-likeness (QED) is 0.680. The maximum atomic E-state index is 12.3. The average Bonchev–Trinajstić information content (AvgIpc) is 3.17. The molecule has 7 nitrogen and oxygen atoms in total. The van der Waals surface area contributed by atoms with Gasteiger partial charge in [-0.2, -0.15) is 0 Å². The number of rotatable bonds is 7. The number of β-amino-alcohol motifs (C(OH)–C–C–N with tert-alkyl or cyclic N) is 1. The molecule has 2 N–H and O–H groups in total. The summed E-state index contributed by atoms with van der Waals surface area (Å²) in [6.07, 6.45) is 2.30. The summed E-state index contributed by atoms with van der Waals surface area (Å²) < 4.78 is 10.7. The second kappa shape index (κ2) is 8.86. The Morgan fingerprint density at radius 1 is 1.39 bits per heavy atom. The molecule has 152 valence electrons. The minimum Gasteiger partial charge on any atom is -0.384 e. The van der Waals surface area contributed by atoms with Gasteiger partial charge in [-0.25, -0.2) is 0 Å². The van der Waals surface area contributed by atoms with E-state index in [0.717, 1.165) is 17.6 Å². The largest absolute Gasteiger partial charge is 0.384 e. The minimum atomic E-state index is -1.13. The van der Waals surface area contributed by atoms with E-state index in [1.54, 1.807) is 11.8 Å². The number of aliphatic hydroxyl groups is 1. The third-order valence-corrected chi connectivity index (χ3v) is 5.35. The maximum Gasteiger partial charge on any atom is 0.248 e. The lowest BCUT2D eigenvalue weighted by atomic mass is 9.86. The third-order valence-electron chi connectivity index (χ3n) is 5.35. The van der Waals surface area contributed by atoms with Crippen LogP contribution in [0.4, 0.5) is 0 Å². The molecule has 7 heteroatoms. The van der Waals surface area contributed by atoms with Crippen LogP contribution < -0.4 is 5.32 Å². The molecule has 2 saturated heterocycles. The van der Waals surface area contributed by atoms with E-state index < -0.39 is 11.6 Å². The van der Waals surface area contributed by atoms with Crippen LogP contribution in [0.3, 0.4) is 0 Å². The van der Waals surface area contributed by atoms with E-state index >= 15 is 0 Å². The van der Waals surface area contributed by atoms with Gasteiger partial charge in [0.2, 0.25) is 11.8 Å². The van der Waals surface area contributed by atoms with Crippen molar-refractivity contribution >= 4 is 17.4 Å². The molecule has 0 spiro atoms. The Morgan fingerprint density at radius 3 is 2.75 bits per heavy atom. The summed E-state index contributed by atoms with van der Waals surface area (Å²) in [5, 5.41) is 13.5. The molecule has 2 amide bonds. The van der Waals surface area contributed by atoms with Gasteiger partial charge in [0, 0.05) is 12.7 Å². The number of hydrogen-bond acceptors (Lipinski definition) is 5. The first kappa shape index (κ1) is 20.5. The predicted octanol–water partition coefficient (Wildman–Crippen LogP) is 0.973. The standard InChI is InChI=1S/C21H28N2O5/c1-15(17-6-4-3-5-7-17)10-19(24)22-16(2)21(26)13-23(14-21)20(25)12-28-18-8-9-27-11-18/h3-7,10,16,18,26H,8-9,11-14H2,1-2H3,(H,22,24)/b15-10+. The highest BCUT2D eigenvalue weighted by Gasteiger charge is 2.48. The summed E-state index contributed by atoms with van der Waals surface area (Å²) in [5.41, 5.74) is 0.684. The molecule has 2 fully saturated rings. The van der Waals surface area contributed by atoms with E-state index in [0.29, 0.717) is 13.2 Å². The van der Waals surface area contributed by atoms with E-state index in [9.17, 15) is 14.7 Å². The van der Waals surface area contributed by atoms with Crippen LogP contribution in [0.25, 0.3) is 5.57 Å². The average molecular weight is 388 g/mol. The molecular weight excluding hydrogens is 360 g/mol. The van der Waals surface area contributed by atoms with Crippen molar-refractivity contribution in [1.82, 2.24) is 10.2 Å². The predicted molar refractivity (Wildman–Crippen MR) is 104 cm³/mol. The van der Waals surface area contributed by atoms with Gasteiger partial charge >= 0.3 is 0 Å². The number of ether oxygens (including phenoxy) is 2. The van der Waals surface area contributed by atoms with E-state index in [4.69, 9.17) is 9.47 Å². The molecule has 2 heterocycles. The second-order valence-corrected chi connectivity index (χ2v) is 7.57. The first-order chi connectivity index (χ1) is 13.4. The van der Waals surface area contributed by atoms with Gasteiger partial charge in [-0.15, -0.1) is 0 Å². The van der Waals surface area contributed by atoms with Crippen LogP contribution in [0.2, 0.25) is 0 Å². The molecular formula is C21H28N2O5. The highest BCUT2D eigenvalue weighted by molar-refractivity contribution is 5.95. The molecule has 2 atom stereocenters. The van der Waals surface area contributed by atoms with Gasteiger partial charge in [0.15, 0.2) is 0 Å². The fourth-order valence-corrected chi connectivity index (χ4v) is 3.36. The molecule has 3 rings (SSSR count). The summed E-state index contributed by atoms with van der Waals surface area (Å²) >= 11 is 0. The van der Waals surface area contributed by atoms with Crippen molar-refractivity contribution in [3.8, 4) is 0 Å². The monoisotopic (exact) mass is 388 g/mol. The zero-order chi connectivity index (χ0) is 20.1. The van der Waals surface area contributed by atoms with Gasteiger partial charge < -0.3 is 24.8 Å². The van der Waals surface area contributed by atoms with Gasteiger partial charge in [0.25, 0.3) is 0 Å². The Labute approximate surface area is 165 Å². The van der Waals surface area contributed by atoms with Crippen LogP contribution >= 0.6 is 0 Å². The molecule has 0 saturated carbocycles. The molecule has 1 aromatic carbocycles. The van der Waals surface area contributed by atoms with Crippen molar-refractivity contribution in [2.45, 2.75) is 38.0 Å². The molecule has 0 aromatic heterocycles. The number of nitrogens with one attached hydrogen (secondary N) is 1. The van der Waals surface area contributed by atoms with Crippen molar-refractivity contribution in [2.75, 3.05) is 32.9 Å². The molecule has 2 unspecified atom stereocenters. The van der Waals surface area contributed by atoms with Crippen LogP contribution in [0, 0.1) is 0 Å². The number of hydrogen-bond donors (Lipinski definition) is 2. The van der Waals surface area contributed by atoms with Crippen LogP contribution in [0.1, 0.15) is 25.8 Å². The summed E-state index contributed by atoms with van der Waals surface area (Å²) in [5.74, 6) is -0.424. The number of nitrogens with zero attached hydrogens (tertiary/aromatic N) is 1. The van der Waals surface area contributed by atoms with Gasteiger partial charge in [-0.3, -0.25) is 9.59 Å². The molecule has 0 aliphatic carbocycles. The highest BCUT2D eigenvalue weighted by atomic mass is 16.5. The van der Waals surface area contributed by atoms with Crippen molar-refractivity contribution < 1.29 is 24.2 Å². The molecule has 2 aliphatic rings. The number of carbonyl (C=O) groups is 2. The van der Waals surface area contributed by atoms with Crippen LogP contribution in [-0.4, -0.2) is 72.5 Å². The summed E-state index contributed by atoms with van der Waals surface area (Å²) in [4.78, 5) is 26.0. The van der Waals surface area contributed by atoms with Crippen LogP contribution in [0.5, 0.6) is 0 Å². The Hall–Kier alpha value is -2.22. The minimum absolute atomic E-state index is 0.0101. The smallest absolute Gasteiger partial charge is 0.248 e. The van der Waals surface area contributed by atoms with Crippen molar-refractivity contribution in [1.29, 1.82) is 0 Å². The number of allylic oxidation sites excluding steroid dienone is 1. The molecule has 1 aromatic rings. The van der Waals surface area contributed by atoms with E-state index in [2.05, 4.69) is 5.32 Å². The second-order valence-electron chi connectivity index (χ2n) is 7.57. The van der Waals surface area contributed by atoms with Gasteiger partial charge in [0.1, 0.15) is 12.2 Å². The zero-order valence-corrected chi connectivity index (χ0v) is 16.4. The number of likely N-dealkylation sites (tertiary alicyclic amines) is 1. The van der Waals surface area contributed by atoms with E-state index in [1.165, 1.54) is 6.08 Å². The third kappa shape index (κ3) is 4.98. The molecule has 0 radical (unpaired) electrons. The summed E-state index contributed by atoms with van der Waals surface area (Å²) in [6, 6.07) is 9.15. The topological polar surface area (TPSA) is 88.1 Å². The fourth-order valence-electron chi connectivity index (χ4n) is 3.36. The normalized spacial score (nSPS) is 22.5. The van der Waals surface area contributed by atoms with Crippen molar-refractivity contribution in [3.05, 3.63) is 42.0 Å². The fraction of sp³-hybridized carbons (Fsp3) is 0.524. The van der Waals surface area contributed by atoms with Gasteiger partial charge in [0.05, 0.1) is 31.8 Å². The lowest BCUT2D eigenvalue weighted by Gasteiger charge is -2.49. The van der Waals surface area contributed by atoms with Crippen LogP contribution in [-0.2, 0) is 19.1 Å². The molecule has 0 bridgehead atoms. The number of benzene rings is 1. The number of amides is 2. The van der Waals surface area contributed by atoms with E-state index in [1.807, 2.05) is 37.3 Å². The lowest BCUT2D eigenvalue weighted by Crippen LogP contribution is -2.71. The Balaban J connectivity index is 1.45. The van der Waals surface area contributed by atoms with Crippen LogP contribution in [0.15, 0.2) is 36.4 Å². The molecule has 2 aliphatic heterocycles. The Kier molecular flexibility index (Phi) is 6.49. The molecule has 28 heavy (non-hydrogen) atoms. The Bertz CT molecular complexity index is 722. The van der Waals surface area contributed by atoms with Gasteiger partial charge in [-0.05, 0) is 31.4 Å².